The zero-order chi connectivity index (χ0) is 19.9. The van der Waals surface area contributed by atoms with Gasteiger partial charge in [0.2, 0.25) is 0 Å². The van der Waals surface area contributed by atoms with Gasteiger partial charge in [0.05, 0.1) is 34.8 Å². The van der Waals surface area contributed by atoms with Gasteiger partial charge in [0.15, 0.2) is 0 Å². The molecule has 0 fully saturated rings. The molecule has 0 radical (unpaired) electrons. The van der Waals surface area contributed by atoms with Crippen LogP contribution in [0.2, 0.25) is 0 Å². The summed E-state index contributed by atoms with van der Waals surface area (Å²) in [5.41, 5.74) is 4.83. The number of nitrogens with one attached hydrogen (secondary N) is 1. The second-order valence-corrected chi connectivity index (χ2v) is 6.12. The average Bonchev–Trinajstić information content (AvgIpc) is 2.67. The third-order valence-electron chi connectivity index (χ3n) is 4.18. The fraction of sp³-hybridized carbons (Fsp3) is 0.211. The van der Waals surface area contributed by atoms with Gasteiger partial charge < -0.3 is 4.74 Å². The topological polar surface area (TPSA) is 120 Å². The summed E-state index contributed by atoms with van der Waals surface area (Å²) in [6.07, 6.45) is 3.41. The normalized spacial score (nSPS) is 17.9. The summed E-state index contributed by atoms with van der Waals surface area (Å²) in [5.74, 6) is 0. The highest BCUT2D eigenvalue weighted by molar-refractivity contribution is 5.95. The number of rotatable bonds is 5. The van der Waals surface area contributed by atoms with E-state index in [0.29, 0.717) is 18.7 Å². The second-order valence-electron chi connectivity index (χ2n) is 6.12. The van der Waals surface area contributed by atoms with Crippen LogP contribution in [0.5, 0.6) is 0 Å². The van der Waals surface area contributed by atoms with Gasteiger partial charge in [0.25, 0.3) is 5.69 Å². The van der Waals surface area contributed by atoms with Crippen LogP contribution in [-0.4, -0.2) is 28.8 Å². The van der Waals surface area contributed by atoms with E-state index in [2.05, 4.69) is 16.6 Å². The van der Waals surface area contributed by atoms with Crippen molar-refractivity contribution >= 4 is 28.3 Å². The summed E-state index contributed by atoms with van der Waals surface area (Å²) in [5, 5.41) is 26.4. The molecule has 0 aliphatic carbocycles. The lowest BCUT2D eigenvalue weighted by Gasteiger charge is -2.15. The third kappa shape index (κ3) is 4.77. The maximum Gasteiger partial charge on any atom is 0.301 e. The Morgan fingerprint density at radius 2 is 1.82 bits per heavy atom. The molecule has 0 spiro atoms. The van der Waals surface area contributed by atoms with Crippen molar-refractivity contribution in [1.82, 2.24) is 0 Å². The predicted octanol–water partition coefficient (Wildman–Crippen LogP) is 4.16. The summed E-state index contributed by atoms with van der Waals surface area (Å²) in [6.45, 7) is 0.838. The number of anilines is 1. The molecule has 3 rings (SSSR count). The summed E-state index contributed by atoms with van der Waals surface area (Å²) in [4.78, 5) is 20.7. The Morgan fingerprint density at radius 3 is 2.54 bits per heavy atom. The largest absolute Gasteiger partial charge is 0.375 e. The Balaban J connectivity index is 1.84. The molecule has 0 bridgehead atoms. The van der Waals surface area contributed by atoms with E-state index < -0.39 is 15.5 Å². The first-order valence-corrected chi connectivity index (χ1v) is 8.61. The van der Waals surface area contributed by atoms with Gasteiger partial charge in [0.1, 0.15) is 5.69 Å². The van der Waals surface area contributed by atoms with Gasteiger partial charge in [-0.05, 0) is 23.6 Å². The monoisotopic (exact) mass is 382 g/mol. The molecule has 2 aromatic rings. The number of hydrogen-bond acceptors (Lipinski definition) is 7. The fourth-order valence-corrected chi connectivity index (χ4v) is 2.81. The molecule has 1 heterocycles. The van der Waals surface area contributed by atoms with Crippen molar-refractivity contribution in [2.75, 3.05) is 18.6 Å². The lowest BCUT2D eigenvalue weighted by atomic mass is 9.98. The molecule has 0 amide bonds. The molecule has 28 heavy (non-hydrogen) atoms. The van der Waals surface area contributed by atoms with Gasteiger partial charge in [-0.3, -0.25) is 25.7 Å². The Bertz CT molecular complexity index is 941. The number of nitro groups is 2. The molecular weight excluding hydrogens is 364 g/mol. The van der Waals surface area contributed by atoms with Gasteiger partial charge in [-0.15, -0.1) is 0 Å². The van der Waals surface area contributed by atoms with Gasteiger partial charge in [0, 0.05) is 12.5 Å². The minimum atomic E-state index is -0.681. The molecule has 1 aliphatic heterocycles. The number of allylic oxidation sites excluding steroid dienone is 1. The Kier molecular flexibility index (Phi) is 6.07. The summed E-state index contributed by atoms with van der Waals surface area (Å²) in [6, 6.07) is 13.3. The zero-order valence-corrected chi connectivity index (χ0v) is 14.9. The predicted molar refractivity (Wildman–Crippen MR) is 105 cm³/mol. The van der Waals surface area contributed by atoms with Crippen molar-refractivity contribution in [1.29, 1.82) is 0 Å². The van der Waals surface area contributed by atoms with Crippen molar-refractivity contribution in [2.24, 2.45) is 5.10 Å². The van der Waals surface area contributed by atoms with Crippen molar-refractivity contribution in [2.45, 2.75) is 12.8 Å². The molecular formula is C19H18N4O5. The maximum absolute atomic E-state index is 11.2. The van der Waals surface area contributed by atoms with E-state index in [9.17, 15) is 20.2 Å². The second kappa shape index (κ2) is 8.87. The van der Waals surface area contributed by atoms with Crippen LogP contribution in [0.15, 0.2) is 59.7 Å². The highest BCUT2D eigenvalue weighted by Gasteiger charge is 2.19. The quantitative estimate of drug-likeness (QED) is 0.612. The van der Waals surface area contributed by atoms with E-state index in [4.69, 9.17) is 4.74 Å². The van der Waals surface area contributed by atoms with Crippen LogP contribution >= 0.6 is 0 Å². The highest BCUT2D eigenvalue weighted by atomic mass is 16.6. The fourth-order valence-electron chi connectivity index (χ4n) is 2.81. The van der Waals surface area contributed by atoms with Crippen molar-refractivity contribution in [3.63, 3.8) is 0 Å². The van der Waals surface area contributed by atoms with E-state index in [1.807, 2.05) is 30.3 Å². The highest BCUT2D eigenvalue weighted by Crippen LogP contribution is 2.29. The first kappa shape index (κ1) is 19.2. The van der Waals surface area contributed by atoms with Crippen molar-refractivity contribution in [3.8, 4) is 0 Å². The molecule has 0 aromatic heterocycles. The van der Waals surface area contributed by atoms with Gasteiger partial charge in [-0.1, -0.05) is 36.4 Å². The first-order valence-electron chi connectivity index (χ1n) is 8.61. The van der Waals surface area contributed by atoms with Gasteiger partial charge in [-0.2, -0.15) is 5.10 Å². The lowest BCUT2D eigenvalue weighted by Crippen LogP contribution is -2.15. The summed E-state index contributed by atoms with van der Waals surface area (Å²) < 4.78 is 5.55. The van der Waals surface area contributed by atoms with Crippen LogP contribution in [0, 0.1) is 20.2 Å². The van der Waals surface area contributed by atoms with E-state index in [-0.39, 0.29) is 18.0 Å². The minimum Gasteiger partial charge on any atom is -0.375 e. The van der Waals surface area contributed by atoms with Crippen molar-refractivity contribution in [3.05, 3.63) is 80.4 Å². The first-order chi connectivity index (χ1) is 13.5. The average molecular weight is 382 g/mol. The molecule has 1 aliphatic rings. The number of nitro benzene ring substituents is 2. The van der Waals surface area contributed by atoms with E-state index in [0.717, 1.165) is 23.6 Å². The summed E-state index contributed by atoms with van der Waals surface area (Å²) in [7, 11) is 0. The summed E-state index contributed by atoms with van der Waals surface area (Å²) >= 11 is 0. The van der Waals surface area contributed by atoms with Crippen LogP contribution in [0.25, 0.3) is 5.57 Å². The van der Waals surface area contributed by atoms with Crippen LogP contribution in [0.1, 0.15) is 18.4 Å². The number of ether oxygens (including phenoxy) is 1. The minimum absolute atomic E-state index is 0.0791. The number of hydrazone groups is 1. The molecule has 0 atom stereocenters. The Hall–Kier alpha value is -3.59. The Labute approximate surface area is 160 Å². The smallest absolute Gasteiger partial charge is 0.301 e. The molecule has 0 saturated heterocycles. The van der Waals surface area contributed by atoms with Crippen molar-refractivity contribution < 1.29 is 14.6 Å². The van der Waals surface area contributed by atoms with Crippen LogP contribution in [0.4, 0.5) is 17.1 Å². The van der Waals surface area contributed by atoms with E-state index in [1.165, 1.54) is 12.1 Å². The molecule has 0 unspecified atom stereocenters. The maximum atomic E-state index is 11.2. The van der Waals surface area contributed by atoms with Crippen LogP contribution < -0.4 is 5.43 Å². The van der Waals surface area contributed by atoms with E-state index >= 15 is 0 Å². The Morgan fingerprint density at radius 1 is 1.04 bits per heavy atom. The zero-order valence-electron chi connectivity index (χ0n) is 14.9. The van der Waals surface area contributed by atoms with E-state index in [1.54, 1.807) is 0 Å². The van der Waals surface area contributed by atoms with Gasteiger partial charge >= 0.3 is 5.69 Å². The molecule has 0 saturated carbocycles. The lowest BCUT2D eigenvalue weighted by molar-refractivity contribution is -0.393. The van der Waals surface area contributed by atoms with Crippen LogP contribution in [-0.2, 0) is 4.74 Å². The molecule has 1 N–H and O–H groups in total. The molecule has 9 nitrogen and oxygen atoms in total. The number of benzene rings is 2. The number of hydrogen-bond donors (Lipinski definition) is 1. The molecule has 2 aromatic carbocycles. The standard InChI is InChI=1S/C19H18N4O5/c24-22(25)17-8-9-18(19(12-17)23(26)27)21-20-16-11-15(7-4-10-28-13-16)14-5-2-1-3-6-14/h1-3,5-9,12,21H,4,10-11,13H2/b15-7+,20-16+. The van der Waals surface area contributed by atoms with Crippen LogP contribution in [0.3, 0.4) is 0 Å². The molecule has 144 valence electrons. The SMILES string of the molecule is O=[N+]([O-])c1ccc(N/N=C2/COCC/C=C(/c3ccccc3)C2)c([N+](=O)[O-])c1. The number of nitrogens with zero attached hydrogens (tertiary/aromatic N) is 3. The third-order valence-corrected chi connectivity index (χ3v) is 4.18. The number of non-ortho nitro benzene ring substituents is 1. The molecule has 9 heteroatoms. The van der Waals surface area contributed by atoms with Gasteiger partial charge in [-0.25, -0.2) is 0 Å².